The number of aryl methyl sites for hydroxylation is 1. The van der Waals surface area contributed by atoms with E-state index in [-0.39, 0.29) is 11.5 Å². The Hall–Kier alpha value is -3.16. The molecule has 0 aliphatic carbocycles. The van der Waals surface area contributed by atoms with Crippen molar-refractivity contribution < 1.29 is 18.4 Å². The van der Waals surface area contributed by atoms with Gasteiger partial charge < -0.3 is 20.9 Å². The molecule has 0 bridgehead atoms. The van der Waals surface area contributed by atoms with Crippen LogP contribution in [0, 0.1) is 0 Å². The number of amides is 2. The second-order valence-electron chi connectivity index (χ2n) is 7.78. The van der Waals surface area contributed by atoms with Crippen molar-refractivity contribution in [3.8, 4) is 0 Å². The quantitative estimate of drug-likeness (QED) is 0.702. The maximum Gasteiger partial charge on any atom is 0.282 e. The number of hydrogen-bond acceptors (Lipinski definition) is 4. The average molecular weight is 414 g/mol. The van der Waals surface area contributed by atoms with Gasteiger partial charge in [-0.25, -0.2) is 8.78 Å². The van der Waals surface area contributed by atoms with Crippen molar-refractivity contribution in [3.63, 3.8) is 0 Å². The Kier molecular flexibility index (Phi) is 5.32. The summed E-state index contributed by atoms with van der Waals surface area (Å²) < 4.78 is 29.4. The number of carbonyl (C=O) groups is 2. The molecule has 0 saturated heterocycles. The lowest BCUT2D eigenvalue weighted by Crippen LogP contribution is -2.46. The minimum Gasteiger partial charge on any atom is -0.372 e. The van der Waals surface area contributed by atoms with Crippen LogP contribution in [-0.2, 0) is 11.2 Å². The molecule has 8 heteroatoms. The Labute approximate surface area is 173 Å². The summed E-state index contributed by atoms with van der Waals surface area (Å²) in [6, 6.07) is 11.9. The molecule has 0 spiro atoms. The van der Waals surface area contributed by atoms with Gasteiger partial charge in [-0.1, -0.05) is 24.3 Å². The Balaban J connectivity index is 1.43. The van der Waals surface area contributed by atoms with E-state index in [9.17, 15) is 18.4 Å². The number of carbonyl (C=O) groups excluding carboxylic acids is 2. The molecule has 2 aromatic carbocycles. The van der Waals surface area contributed by atoms with Crippen LogP contribution in [0.25, 0.3) is 0 Å². The smallest absolute Gasteiger partial charge is 0.282 e. The van der Waals surface area contributed by atoms with Crippen LogP contribution in [0.15, 0.2) is 42.5 Å². The first-order valence-corrected chi connectivity index (χ1v) is 10.0. The summed E-state index contributed by atoms with van der Waals surface area (Å²) in [5.74, 6) is -3.92. The SMILES string of the molecule is C[C@H]1Nc2c(cccc2C(=O)NCC(F)(F)CN2CCCc3ccccc32)NC1=O. The number of para-hydroxylation sites is 2. The van der Waals surface area contributed by atoms with Crippen molar-refractivity contribution in [2.24, 2.45) is 0 Å². The third kappa shape index (κ3) is 4.08. The molecule has 4 rings (SSSR count). The van der Waals surface area contributed by atoms with Gasteiger partial charge in [0, 0.05) is 12.2 Å². The number of hydrogen-bond donors (Lipinski definition) is 3. The fourth-order valence-electron chi connectivity index (χ4n) is 3.94. The van der Waals surface area contributed by atoms with Crippen LogP contribution in [0.4, 0.5) is 25.8 Å². The molecule has 30 heavy (non-hydrogen) atoms. The molecule has 0 fully saturated rings. The van der Waals surface area contributed by atoms with E-state index >= 15 is 0 Å². The first-order valence-electron chi connectivity index (χ1n) is 10.0. The molecule has 6 nitrogen and oxygen atoms in total. The van der Waals surface area contributed by atoms with E-state index in [1.807, 2.05) is 24.3 Å². The molecule has 2 amide bonds. The van der Waals surface area contributed by atoms with Crippen molar-refractivity contribution in [3.05, 3.63) is 53.6 Å². The van der Waals surface area contributed by atoms with E-state index in [0.717, 1.165) is 24.1 Å². The predicted octanol–water partition coefficient (Wildman–Crippen LogP) is 3.26. The van der Waals surface area contributed by atoms with E-state index in [1.54, 1.807) is 30.0 Å². The fraction of sp³-hybridized carbons (Fsp3) is 0.364. The number of rotatable bonds is 5. The van der Waals surface area contributed by atoms with Crippen LogP contribution in [0.1, 0.15) is 29.3 Å². The van der Waals surface area contributed by atoms with E-state index in [2.05, 4.69) is 16.0 Å². The zero-order valence-corrected chi connectivity index (χ0v) is 16.7. The third-order valence-corrected chi connectivity index (χ3v) is 5.46. The van der Waals surface area contributed by atoms with Crippen LogP contribution in [-0.4, -0.2) is 43.4 Å². The molecule has 0 radical (unpaired) electrons. The lowest BCUT2D eigenvalue weighted by atomic mass is 10.0. The molecular formula is C22H24F2N4O2. The highest BCUT2D eigenvalue weighted by Gasteiger charge is 2.34. The van der Waals surface area contributed by atoms with Gasteiger partial charge in [0.25, 0.3) is 11.8 Å². The number of benzene rings is 2. The highest BCUT2D eigenvalue weighted by Crippen LogP contribution is 2.31. The Bertz CT molecular complexity index is 979. The lowest BCUT2D eigenvalue weighted by molar-refractivity contribution is -0.116. The summed E-state index contributed by atoms with van der Waals surface area (Å²) >= 11 is 0. The molecule has 3 N–H and O–H groups in total. The van der Waals surface area contributed by atoms with Crippen LogP contribution in [0.2, 0.25) is 0 Å². The van der Waals surface area contributed by atoms with Gasteiger partial charge in [0.05, 0.1) is 30.0 Å². The topological polar surface area (TPSA) is 73.5 Å². The maximum atomic E-state index is 14.7. The van der Waals surface area contributed by atoms with Gasteiger partial charge in [-0.2, -0.15) is 0 Å². The molecule has 2 aromatic rings. The largest absolute Gasteiger partial charge is 0.372 e. The van der Waals surface area contributed by atoms with E-state index in [1.165, 1.54) is 0 Å². The summed E-state index contributed by atoms with van der Waals surface area (Å²) in [7, 11) is 0. The van der Waals surface area contributed by atoms with Crippen LogP contribution in [0.5, 0.6) is 0 Å². The summed E-state index contributed by atoms with van der Waals surface area (Å²) in [5, 5.41) is 8.03. The van der Waals surface area contributed by atoms with E-state index < -0.39 is 31.0 Å². The number of alkyl halides is 2. The van der Waals surface area contributed by atoms with Crippen molar-refractivity contribution in [2.75, 3.05) is 35.2 Å². The maximum absolute atomic E-state index is 14.7. The summed E-state index contributed by atoms with van der Waals surface area (Å²) in [5.41, 5.74) is 3.03. The first-order chi connectivity index (χ1) is 14.3. The van der Waals surface area contributed by atoms with Gasteiger partial charge in [0.2, 0.25) is 5.91 Å². The van der Waals surface area contributed by atoms with Crippen LogP contribution < -0.4 is 20.9 Å². The lowest BCUT2D eigenvalue weighted by Gasteiger charge is -2.34. The number of anilines is 3. The van der Waals surface area contributed by atoms with Gasteiger partial charge in [0.1, 0.15) is 6.04 Å². The van der Waals surface area contributed by atoms with Gasteiger partial charge in [-0.3, -0.25) is 9.59 Å². The highest BCUT2D eigenvalue weighted by molar-refractivity contribution is 6.09. The Morgan fingerprint density at radius 3 is 2.87 bits per heavy atom. The zero-order valence-electron chi connectivity index (χ0n) is 16.7. The molecule has 2 aliphatic heterocycles. The molecule has 2 aliphatic rings. The average Bonchev–Trinajstić information content (AvgIpc) is 2.73. The van der Waals surface area contributed by atoms with Crippen LogP contribution in [0.3, 0.4) is 0 Å². The van der Waals surface area contributed by atoms with E-state index in [4.69, 9.17) is 0 Å². The Morgan fingerprint density at radius 1 is 1.23 bits per heavy atom. The molecular weight excluding hydrogens is 390 g/mol. The Morgan fingerprint density at radius 2 is 2.03 bits per heavy atom. The molecule has 0 aromatic heterocycles. The summed E-state index contributed by atoms with van der Waals surface area (Å²) in [4.78, 5) is 26.1. The number of nitrogens with zero attached hydrogens (tertiary/aromatic N) is 1. The minimum atomic E-state index is -3.09. The second kappa shape index (κ2) is 7.93. The molecule has 0 saturated carbocycles. The number of halogens is 2. The van der Waals surface area contributed by atoms with Gasteiger partial charge in [0.15, 0.2) is 0 Å². The normalized spacial score (nSPS) is 18.0. The molecule has 0 unspecified atom stereocenters. The summed E-state index contributed by atoms with van der Waals surface area (Å²) in [6.45, 7) is 1.00. The van der Waals surface area contributed by atoms with Crippen molar-refractivity contribution in [2.45, 2.75) is 31.7 Å². The first kappa shape index (κ1) is 20.1. The minimum absolute atomic E-state index is 0.214. The fourth-order valence-corrected chi connectivity index (χ4v) is 3.94. The molecule has 2 heterocycles. The van der Waals surface area contributed by atoms with Crippen molar-refractivity contribution >= 4 is 28.9 Å². The van der Waals surface area contributed by atoms with Gasteiger partial charge in [-0.15, -0.1) is 0 Å². The highest BCUT2D eigenvalue weighted by atomic mass is 19.3. The van der Waals surface area contributed by atoms with E-state index in [0.29, 0.717) is 17.9 Å². The van der Waals surface area contributed by atoms with Crippen LogP contribution >= 0.6 is 0 Å². The summed E-state index contributed by atoms with van der Waals surface area (Å²) in [6.07, 6.45) is 1.71. The molecule has 158 valence electrons. The monoisotopic (exact) mass is 414 g/mol. The predicted molar refractivity (Wildman–Crippen MR) is 112 cm³/mol. The van der Waals surface area contributed by atoms with Crippen molar-refractivity contribution in [1.29, 1.82) is 0 Å². The zero-order chi connectivity index (χ0) is 21.3. The third-order valence-electron chi connectivity index (χ3n) is 5.46. The molecule has 1 atom stereocenters. The van der Waals surface area contributed by atoms with Crippen molar-refractivity contribution in [1.82, 2.24) is 5.32 Å². The van der Waals surface area contributed by atoms with Gasteiger partial charge >= 0.3 is 0 Å². The second-order valence-corrected chi connectivity index (χ2v) is 7.78. The standard InChI is InChI=1S/C22H24F2N4O2/c1-14-20(29)27-17-9-4-8-16(19(17)26-14)21(30)25-12-22(23,24)13-28-11-5-7-15-6-2-3-10-18(15)28/h2-4,6,8-10,14,26H,5,7,11-13H2,1H3,(H,25,30)(H,27,29)/t14-/m1/s1. The van der Waals surface area contributed by atoms with Gasteiger partial charge in [-0.05, 0) is 43.5 Å². The number of nitrogens with one attached hydrogen (secondary N) is 3. The number of fused-ring (bicyclic) bond motifs is 2.